The van der Waals surface area contributed by atoms with Gasteiger partial charge in [-0.15, -0.1) is 0 Å². The Morgan fingerprint density at radius 3 is 2.45 bits per heavy atom. The van der Waals surface area contributed by atoms with Crippen LogP contribution >= 0.6 is 11.6 Å². The van der Waals surface area contributed by atoms with Gasteiger partial charge in [-0.3, -0.25) is 14.5 Å². The lowest BCUT2D eigenvalue weighted by molar-refractivity contribution is -0.127. The van der Waals surface area contributed by atoms with E-state index in [9.17, 15) is 9.59 Å². The van der Waals surface area contributed by atoms with Crippen LogP contribution in [-0.4, -0.2) is 75.1 Å². The fourth-order valence-electron chi connectivity index (χ4n) is 3.65. The first-order valence-corrected chi connectivity index (χ1v) is 11.3. The van der Waals surface area contributed by atoms with Crippen molar-refractivity contribution in [3.8, 4) is 11.5 Å². The summed E-state index contributed by atoms with van der Waals surface area (Å²) in [5.41, 5.74) is 1.37. The molecule has 176 valence electrons. The van der Waals surface area contributed by atoms with Gasteiger partial charge in [-0.1, -0.05) is 29.8 Å². The third kappa shape index (κ3) is 6.97. The van der Waals surface area contributed by atoms with Crippen molar-refractivity contribution >= 4 is 29.5 Å². The van der Waals surface area contributed by atoms with Gasteiger partial charge in [-0.25, -0.2) is 0 Å². The molecule has 0 spiro atoms. The summed E-state index contributed by atoms with van der Waals surface area (Å²) >= 11 is 6.13. The number of carbonyl (C=O) groups excluding carboxylic acids is 2. The van der Waals surface area contributed by atoms with Crippen LogP contribution in [0.5, 0.6) is 11.5 Å². The van der Waals surface area contributed by atoms with Crippen molar-refractivity contribution in [1.82, 2.24) is 15.1 Å². The number of nitrogens with one attached hydrogen (secondary N) is 1. The maximum atomic E-state index is 12.5. The van der Waals surface area contributed by atoms with Gasteiger partial charge in [0.05, 0.1) is 14.2 Å². The molecule has 7 nitrogen and oxygen atoms in total. The van der Waals surface area contributed by atoms with E-state index in [0.717, 1.165) is 31.6 Å². The van der Waals surface area contributed by atoms with Crippen molar-refractivity contribution in [2.45, 2.75) is 6.42 Å². The van der Waals surface area contributed by atoms with Crippen LogP contribution in [-0.2, 0) is 4.79 Å². The Hall–Kier alpha value is -3.03. The highest BCUT2D eigenvalue weighted by Crippen LogP contribution is 2.27. The predicted octanol–water partition coefficient (Wildman–Crippen LogP) is 3.33. The summed E-state index contributed by atoms with van der Waals surface area (Å²) in [5.74, 6) is 0.971. The number of benzene rings is 2. The summed E-state index contributed by atoms with van der Waals surface area (Å²) in [6.07, 6.45) is 4.18. The molecule has 1 saturated heterocycles. The third-order valence-corrected chi connectivity index (χ3v) is 5.92. The number of carbonyl (C=O) groups is 2. The van der Waals surface area contributed by atoms with Crippen LogP contribution in [0.2, 0.25) is 5.02 Å². The fraction of sp³-hybridized carbons (Fsp3) is 0.360. The van der Waals surface area contributed by atoms with Crippen molar-refractivity contribution < 1.29 is 19.1 Å². The summed E-state index contributed by atoms with van der Waals surface area (Å²) in [6.45, 7) is 4.44. The normalized spacial score (nSPS) is 14.3. The number of amides is 2. The summed E-state index contributed by atoms with van der Waals surface area (Å²) in [7, 11) is 3.10. The molecule has 0 radical (unpaired) electrons. The lowest BCUT2D eigenvalue weighted by atomic mass is 10.2. The molecule has 0 bridgehead atoms. The minimum Gasteiger partial charge on any atom is -0.493 e. The lowest BCUT2D eigenvalue weighted by Crippen LogP contribution is -2.48. The standard InChI is InChI=1S/C25H30ClN3O4/c1-32-22-10-8-20(18-23(22)33-2)25(31)27-12-5-13-28-14-16-29(17-15-28)24(30)11-9-19-6-3-4-7-21(19)26/h3-4,6-11,18H,5,12-17H2,1-2H3,(H,27,31). The molecular formula is C25H30ClN3O4. The fourth-order valence-corrected chi connectivity index (χ4v) is 3.85. The molecule has 2 aromatic carbocycles. The molecule has 0 saturated carbocycles. The zero-order valence-electron chi connectivity index (χ0n) is 19.1. The molecule has 2 amide bonds. The lowest BCUT2D eigenvalue weighted by Gasteiger charge is -2.34. The van der Waals surface area contributed by atoms with Gasteiger partial charge in [-0.05, 0) is 48.9 Å². The van der Waals surface area contributed by atoms with Crippen molar-refractivity contribution in [2.75, 3.05) is 53.5 Å². The quantitative estimate of drug-likeness (QED) is 0.448. The van der Waals surface area contributed by atoms with Crippen molar-refractivity contribution in [1.29, 1.82) is 0 Å². The van der Waals surface area contributed by atoms with E-state index in [1.54, 1.807) is 50.6 Å². The summed E-state index contributed by atoms with van der Waals surface area (Å²) in [5, 5.41) is 3.57. The van der Waals surface area contributed by atoms with Crippen LogP contribution in [0.25, 0.3) is 6.08 Å². The Morgan fingerprint density at radius 1 is 1.03 bits per heavy atom. The van der Waals surface area contributed by atoms with Gasteiger partial charge in [-0.2, -0.15) is 0 Å². The van der Waals surface area contributed by atoms with E-state index in [1.807, 2.05) is 23.1 Å². The van der Waals surface area contributed by atoms with Crippen LogP contribution in [0.4, 0.5) is 0 Å². The molecule has 8 heteroatoms. The predicted molar refractivity (Wildman–Crippen MR) is 130 cm³/mol. The molecule has 2 aromatic rings. The highest BCUT2D eigenvalue weighted by molar-refractivity contribution is 6.32. The first-order chi connectivity index (χ1) is 16.0. The van der Waals surface area contributed by atoms with Gasteiger partial charge in [0.25, 0.3) is 5.91 Å². The Kier molecular flexibility index (Phi) is 9.15. The van der Waals surface area contributed by atoms with Crippen LogP contribution in [0.15, 0.2) is 48.5 Å². The Balaban J connectivity index is 1.36. The molecule has 1 aliphatic rings. The zero-order valence-corrected chi connectivity index (χ0v) is 19.8. The SMILES string of the molecule is COc1ccc(C(=O)NCCCN2CCN(C(=O)C=Cc3ccccc3Cl)CC2)cc1OC. The van der Waals surface area contributed by atoms with Gasteiger partial charge in [0.1, 0.15) is 0 Å². The average molecular weight is 472 g/mol. The Labute approximate surface area is 199 Å². The van der Waals surface area contributed by atoms with Crippen LogP contribution < -0.4 is 14.8 Å². The number of hydrogen-bond donors (Lipinski definition) is 1. The van der Waals surface area contributed by atoms with Crippen LogP contribution in [0.3, 0.4) is 0 Å². The number of rotatable bonds is 9. The summed E-state index contributed by atoms with van der Waals surface area (Å²) < 4.78 is 10.5. The van der Waals surface area contributed by atoms with Crippen molar-refractivity contribution in [3.63, 3.8) is 0 Å². The van der Waals surface area contributed by atoms with Crippen LogP contribution in [0, 0.1) is 0 Å². The topological polar surface area (TPSA) is 71.1 Å². The summed E-state index contributed by atoms with van der Waals surface area (Å²) in [4.78, 5) is 29.0. The Bertz CT molecular complexity index is 987. The van der Waals surface area contributed by atoms with E-state index in [-0.39, 0.29) is 11.8 Å². The van der Waals surface area contributed by atoms with Crippen molar-refractivity contribution in [3.05, 3.63) is 64.7 Å². The minimum absolute atomic E-state index is 0.00301. The Morgan fingerprint density at radius 2 is 1.76 bits per heavy atom. The molecule has 0 unspecified atom stereocenters. The molecule has 1 fully saturated rings. The van der Waals surface area contributed by atoms with E-state index in [1.165, 1.54) is 0 Å². The highest BCUT2D eigenvalue weighted by atomic mass is 35.5. The maximum absolute atomic E-state index is 12.5. The molecule has 0 aromatic heterocycles. The van der Waals surface area contributed by atoms with Gasteiger partial charge >= 0.3 is 0 Å². The molecule has 33 heavy (non-hydrogen) atoms. The second-order valence-corrected chi connectivity index (χ2v) is 8.11. The van der Waals surface area contributed by atoms with E-state index < -0.39 is 0 Å². The molecule has 0 atom stereocenters. The number of ether oxygens (including phenoxy) is 2. The molecular weight excluding hydrogens is 442 g/mol. The van der Waals surface area contributed by atoms with Gasteiger partial charge in [0.15, 0.2) is 11.5 Å². The summed E-state index contributed by atoms with van der Waals surface area (Å²) in [6, 6.07) is 12.6. The van der Waals surface area contributed by atoms with E-state index in [2.05, 4.69) is 10.2 Å². The molecule has 0 aliphatic carbocycles. The molecule has 1 N–H and O–H groups in total. The number of piperazine rings is 1. The molecule has 1 heterocycles. The van der Waals surface area contributed by atoms with E-state index in [0.29, 0.717) is 41.7 Å². The monoisotopic (exact) mass is 471 g/mol. The molecule has 3 rings (SSSR count). The largest absolute Gasteiger partial charge is 0.493 e. The van der Waals surface area contributed by atoms with Gasteiger partial charge in [0.2, 0.25) is 5.91 Å². The third-order valence-electron chi connectivity index (χ3n) is 5.58. The van der Waals surface area contributed by atoms with E-state index in [4.69, 9.17) is 21.1 Å². The number of halogens is 1. The second kappa shape index (κ2) is 12.3. The number of nitrogens with zero attached hydrogens (tertiary/aromatic N) is 2. The average Bonchev–Trinajstić information content (AvgIpc) is 2.85. The first kappa shape index (κ1) is 24.6. The van der Waals surface area contributed by atoms with E-state index >= 15 is 0 Å². The highest BCUT2D eigenvalue weighted by Gasteiger charge is 2.19. The number of hydrogen-bond acceptors (Lipinski definition) is 5. The van der Waals surface area contributed by atoms with Crippen molar-refractivity contribution in [2.24, 2.45) is 0 Å². The minimum atomic E-state index is -0.142. The second-order valence-electron chi connectivity index (χ2n) is 7.70. The number of methoxy groups -OCH3 is 2. The maximum Gasteiger partial charge on any atom is 0.251 e. The van der Waals surface area contributed by atoms with Gasteiger partial charge < -0.3 is 19.7 Å². The molecule has 1 aliphatic heterocycles. The first-order valence-electron chi connectivity index (χ1n) is 11.0. The smallest absolute Gasteiger partial charge is 0.251 e. The van der Waals surface area contributed by atoms with Gasteiger partial charge in [0, 0.05) is 49.4 Å². The zero-order chi connectivity index (χ0) is 23.6. The van der Waals surface area contributed by atoms with Crippen LogP contribution in [0.1, 0.15) is 22.3 Å².